The number of carbonyl (C=O) groups is 1. The van der Waals surface area contributed by atoms with E-state index in [1.165, 1.54) is 16.4 Å². The number of sulfonamides is 1. The molecular weight excluding hydrogens is 388 g/mol. The smallest absolute Gasteiger partial charge is 0.251 e. The molecule has 1 amide bonds. The molecule has 1 fully saturated rings. The first-order chi connectivity index (χ1) is 13.7. The van der Waals surface area contributed by atoms with Crippen LogP contribution < -0.4 is 5.32 Å². The van der Waals surface area contributed by atoms with Gasteiger partial charge < -0.3 is 10.1 Å². The number of amides is 1. The molecule has 0 spiro atoms. The summed E-state index contributed by atoms with van der Waals surface area (Å²) < 4.78 is 32.4. The van der Waals surface area contributed by atoms with Crippen molar-refractivity contribution in [1.29, 1.82) is 0 Å². The minimum absolute atomic E-state index is 0.124. The maximum absolute atomic E-state index is 13.0. The summed E-state index contributed by atoms with van der Waals surface area (Å²) in [6, 6.07) is 15.8. The van der Waals surface area contributed by atoms with E-state index < -0.39 is 10.0 Å². The van der Waals surface area contributed by atoms with Gasteiger partial charge in [0.1, 0.15) is 0 Å². The molecule has 3 rings (SSSR count). The van der Waals surface area contributed by atoms with Crippen LogP contribution in [0.5, 0.6) is 0 Å². The number of hydrogen-bond donors (Lipinski definition) is 1. The molecule has 2 aromatic carbocycles. The zero-order chi connectivity index (χ0) is 21.1. The molecule has 1 N–H and O–H groups in total. The molecule has 0 saturated carbocycles. The second-order valence-electron chi connectivity index (χ2n) is 8.23. The van der Waals surface area contributed by atoms with Gasteiger partial charge in [-0.05, 0) is 29.2 Å². The van der Waals surface area contributed by atoms with Crippen LogP contribution in [0.2, 0.25) is 0 Å². The SMILES string of the molecule is CC(C)(C)C(NC(=O)c1cccc(S(=O)(=O)N2CCOCC2)c1)c1ccccc1. The van der Waals surface area contributed by atoms with Gasteiger partial charge in [0, 0.05) is 18.7 Å². The van der Waals surface area contributed by atoms with E-state index in [4.69, 9.17) is 4.74 Å². The first kappa shape index (κ1) is 21.5. The molecule has 1 atom stereocenters. The highest BCUT2D eigenvalue weighted by Gasteiger charge is 2.30. The van der Waals surface area contributed by atoms with Crippen molar-refractivity contribution in [3.63, 3.8) is 0 Å². The van der Waals surface area contributed by atoms with Crippen molar-refractivity contribution in [2.45, 2.75) is 31.7 Å². The normalized spacial score (nSPS) is 16.9. The molecular formula is C22H28N2O4S. The van der Waals surface area contributed by atoms with Gasteiger partial charge in [0.25, 0.3) is 5.91 Å². The highest BCUT2D eigenvalue weighted by molar-refractivity contribution is 7.89. The van der Waals surface area contributed by atoms with Crippen molar-refractivity contribution >= 4 is 15.9 Å². The molecule has 0 aliphatic carbocycles. The van der Waals surface area contributed by atoms with E-state index in [9.17, 15) is 13.2 Å². The number of morpholine rings is 1. The van der Waals surface area contributed by atoms with E-state index in [1.54, 1.807) is 12.1 Å². The largest absolute Gasteiger partial charge is 0.379 e. The molecule has 29 heavy (non-hydrogen) atoms. The van der Waals surface area contributed by atoms with Crippen LogP contribution in [0.15, 0.2) is 59.5 Å². The van der Waals surface area contributed by atoms with Gasteiger partial charge in [-0.2, -0.15) is 4.31 Å². The van der Waals surface area contributed by atoms with Crippen LogP contribution in [-0.4, -0.2) is 44.9 Å². The van der Waals surface area contributed by atoms with Gasteiger partial charge >= 0.3 is 0 Å². The summed E-state index contributed by atoms with van der Waals surface area (Å²) in [5.41, 5.74) is 1.11. The molecule has 1 unspecified atom stereocenters. The molecule has 2 aromatic rings. The number of benzene rings is 2. The Morgan fingerprint density at radius 3 is 2.31 bits per heavy atom. The lowest BCUT2D eigenvalue weighted by molar-refractivity contribution is 0.0730. The number of nitrogens with one attached hydrogen (secondary N) is 1. The van der Waals surface area contributed by atoms with E-state index in [0.29, 0.717) is 31.9 Å². The Hall–Kier alpha value is -2.22. The third kappa shape index (κ3) is 5.04. The predicted octanol–water partition coefficient (Wildman–Crippen LogP) is 3.22. The van der Waals surface area contributed by atoms with Crippen molar-refractivity contribution in [1.82, 2.24) is 9.62 Å². The Kier molecular flexibility index (Phi) is 6.41. The quantitative estimate of drug-likeness (QED) is 0.812. The molecule has 1 heterocycles. The maximum atomic E-state index is 13.0. The van der Waals surface area contributed by atoms with Crippen LogP contribution in [0.25, 0.3) is 0 Å². The van der Waals surface area contributed by atoms with Crippen molar-refractivity contribution in [3.05, 3.63) is 65.7 Å². The number of ether oxygens (including phenoxy) is 1. The van der Waals surface area contributed by atoms with Crippen LogP contribution in [0.1, 0.15) is 42.7 Å². The Balaban J connectivity index is 1.85. The van der Waals surface area contributed by atoms with Gasteiger partial charge in [-0.3, -0.25) is 4.79 Å². The van der Waals surface area contributed by atoms with E-state index in [2.05, 4.69) is 26.1 Å². The molecule has 7 heteroatoms. The van der Waals surface area contributed by atoms with Crippen LogP contribution in [0, 0.1) is 5.41 Å². The fourth-order valence-corrected chi connectivity index (χ4v) is 4.85. The topological polar surface area (TPSA) is 75.7 Å². The lowest BCUT2D eigenvalue weighted by Gasteiger charge is -2.32. The summed E-state index contributed by atoms with van der Waals surface area (Å²) in [6.07, 6.45) is 0. The summed E-state index contributed by atoms with van der Waals surface area (Å²) in [6.45, 7) is 7.57. The second-order valence-corrected chi connectivity index (χ2v) is 10.2. The number of hydrogen-bond acceptors (Lipinski definition) is 4. The zero-order valence-corrected chi connectivity index (χ0v) is 17.9. The summed E-state index contributed by atoms with van der Waals surface area (Å²) >= 11 is 0. The van der Waals surface area contributed by atoms with Crippen molar-refractivity contribution in [2.24, 2.45) is 5.41 Å². The summed E-state index contributed by atoms with van der Waals surface area (Å²) in [7, 11) is -3.65. The van der Waals surface area contributed by atoms with Gasteiger partial charge in [0.15, 0.2) is 0 Å². The monoisotopic (exact) mass is 416 g/mol. The number of rotatable bonds is 5. The van der Waals surface area contributed by atoms with Gasteiger partial charge in [0.2, 0.25) is 10.0 Å². The Morgan fingerprint density at radius 1 is 1.03 bits per heavy atom. The van der Waals surface area contributed by atoms with E-state index in [-0.39, 0.29) is 22.3 Å². The fraction of sp³-hybridized carbons (Fsp3) is 0.409. The Bertz CT molecular complexity index is 946. The molecule has 1 aliphatic heterocycles. The van der Waals surface area contributed by atoms with Crippen molar-refractivity contribution < 1.29 is 17.9 Å². The molecule has 1 aliphatic rings. The summed E-state index contributed by atoms with van der Waals surface area (Å²) in [4.78, 5) is 13.1. The van der Waals surface area contributed by atoms with E-state index in [1.807, 2.05) is 30.3 Å². The molecule has 0 radical (unpaired) electrons. The number of carbonyl (C=O) groups excluding carboxylic acids is 1. The average Bonchev–Trinajstić information content (AvgIpc) is 2.72. The zero-order valence-electron chi connectivity index (χ0n) is 17.1. The van der Waals surface area contributed by atoms with Gasteiger partial charge in [-0.25, -0.2) is 8.42 Å². The summed E-state index contributed by atoms with van der Waals surface area (Å²) in [5, 5.41) is 3.08. The highest BCUT2D eigenvalue weighted by atomic mass is 32.2. The van der Waals surface area contributed by atoms with Crippen molar-refractivity contribution in [3.8, 4) is 0 Å². The fourth-order valence-electron chi connectivity index (χ4n) is 3.39. The number of nitrogens with zero attached hydrogens (tertiary/aromatic N) is 1. The second kappa shape index (κ2) is 8.65. The first-order valence-corrected chi connectivity index (χ1v) is 11.2. The Morgan fingerprint density at radius 2 is 1.69 bits per heavy atom. The van der Waals surface area contributed by atoms with Crippen LogP contribution in [-0.2, 0) is 14.8 Å². The van der Waals surface area contributed by atoms with Crippen molar-refractivity contribution in [2.75, 3.05) is 26.3 Å². The first-order valence-electron chi connectivity index (χ1n) is 9.73. The molecule has 1 saturated heterocycles. The predicted molar refractivity (Wildman–Crippen MR) is 112 cm³/mol. The molecule has 156 valence electrons. The van der Waals surface area contributed by atoms with E-state index >= 15 is 0 Å². The van der Waals surface area contributed by atoms with Gasteiger partial charge in [-0.1, -0.05) is 57.2 Å². The van der Waals surface area contributed by atoms with Crippen LogP contribution in [0.3, 0.4) is 0 Å². The van der Waals surface area contributed by atoms with Gasteiger partial charge in [-0.15, -0.1) is 0 Å². The average molecular weight is 417 g/mol. The minimum atomic E-state index is -3.65. The van der Waals surface area contributed by atoms with Gasteiger partial charge in [0.05, 0.1) is 24.2 Å². The minimum Gasteiger partial charge on any atom is -0.379 e. The summed E-state index contributed by atoms with van der Waals surface area (Å²) in [5.74, 6) is -0.298. The van der Waals surface area contributed by atoms with Crippen LogP contribution in [0.4, 0.5) is 0 Å². The lowest BCUT2D eigenvalue weighted by atomic mass is 9.82. The van der Waals surface area contributed by atoms with E-state index in [0.717, 1.165) is 5.56 Å². The Labute approximate surface area is 172 Å². The molecule has 0 bridgehead atoms. The third-order valence-electron chi connectivity index (χ3n) is 4.98. The standard InChI is InChI=1S/C22H28N2O4S/c1-22(2,3)20(17-8-5-4-6-9-17)23-21(25)18-10-7-11-19(16-18)29(26,27)24-12-14-28-15-13-24/h4-11,16,20H,12-15H2,1-3H3,(H,23,25). The molecule has 0 aromatic heterocycles. The lowest BCUT2D eigenvalue weighted by Crippen LogP contribution is -2.40. The maximum Gasteiger partial charge on any atom is 0.251 e. The highest BCUT2D eigenvalue weighted by Crippen LogP contribution is 2.33. The van der Waals surface area contributed by atoms with Crippen LogP contribution >= 0.6 is 0 Å². The third-order valence-corrected chi connectivity index (χ3v) is 6.87. The molecule has 6 nitrogen and oxygen atoms in total.